The Morgan fingerprint density at radius 3 is 2.44 bits per heavy atom. The number of guanidine groups is 1. The third-order valence-electron chi connectivity index (χ3n) is 4.53. The van der Waals surface area contributed by atoms with Gasteiger partial charge in [-0.3, -0.25) is 4.99 Å². The van der Waals surface area contributed by atoms with Gasteiger partial charge in [-0.2, -0.15) is 0 Å². The Bertz CT molecular complexity index is 511. The first-order valence-electron chi connectivity index (χ1n) is 9.11. The quantitative estimate of drug-likeness (QED) is 0.387. The molecule has 1 aromatic carbocycles. The smallest absolute Gasteiger partial charge is 0.191 e. The molecule has 0 radical (unpaired) electrons. The van der Waals surface area contributed by atoms with Crippen LogP contribution in [0.5, 0.6) is 0 Å². The van der Waals surface area contributed by atoms with Crippen molar-refractivity contribution in [1.29, 1.82) is 0 Å². The molecule has 0 spiro atoms. The average Bonchev–Trinajstić information content (AvgIpc) is 2.57. The number of halogens is 2. The van der Waals surface area contributed by atoms with E-state index in [0.29, 0.717) is 18.6 Å². The summed E-state index contributed by atoms with van der Waals surface area (Å²) in [5.41, 5.74) is 1.11. The maximum Gasteiger partial charge on any atom is 0.191 e. The number of nitrogens with one attached hydrogen (secondary N) is 2. The van der Waals surface area contributed by atoms with Crippen LogP contribution in [0.2, 0.25) is 0 Å². The van der Waals surface area contributed by atoms with Crippen LogP contribution in [0.1, 0.15) is 39.2 Å². The Morgan fingerprint density at radius 1 is 1.24 bits per heavy atom. The largest absolute Gasteiger partial charge is 0.357 e. The van der Waals surface area contributed by atoms with Crippen LogP contribution < -0.4 is 10.6 Å². The molecule has 1 heterocycles. The molecular weight excluding hydrogens is 430 g/mol. The molecule has 25 heavy (non-hydrogen) atoms. The fourth-order valence-corrected chi connectivity index (χ4v) is 3.02. The van der Waals surface area contributed by atoms with Crippen molar-refractivity contribution in [3.05, 3.63) is 35.6 Å². The molecule has 4 nitrogen and oxygen atoms in total. The number of hydrogen-bond acceptors (Lipinski definition) is 2. The van der Waals surface area contributed by atoms with E-state index in [1.54, 1.807) is 0 Å². The van der Waals surface area contributed by atoms with E-state index >= 15 is 0 Å². The van der Waals surface area contributed by atoms with Crippen molar-refractivity contribution in [3.8, 4) is 0 Å². The van der Waals surface area contributed by atoms with E-state index in [2.05, 4.69) is 41.3 Å². The highest BCUT2D eigenvalue weighted by Gasteiger charge is 2.21. The number of aliphatic imine (C=N–C) groups is 1. The first kappa shape index (κ1) is 22.2. The highest BCUT2D eigenvalue weighted by Crippen LogP contribution is 2.12. The Labute approximate surface area is 168 Å². The Hall–Kier alpha value is -0.890. The van der Waals surface area contributed by atoms with Gasteiger partial charge in [0.2, 0.25) is 0 Å². The molecule has 1 aliphatic heterocycles. The monoisotopic (exact) mass is 462 g/mol. The molecule has 1 fully saturated rings. The van der Waals surface area contributed by atoms with Crippen molar-refractivity contribution < 1.29 is 4.39 Å². The van der Waals surface area contributed by atoms with Crippen molar-refractivity contribution in [3.63, 3.8) is 0 Å². The lowest BCUT2D eigenvalue weighted by Gasteiger charge is -2.35. The Morgan fingerprint density at radius 2 is 1.88 bits per heavy atom. The molecule has 0 bridgehead atoms. The second-order valence-electron chi connectivity index (χ2n) is 6.69. The van der Waals surface area contributed by atoms with Crippen molar-refractivity contribution >= 4 is 29.9 Å². The Balaban J connectivity index is 0.00000312. The molecule has 0 amide bonds. The first-order chi connectivity index (χ1) is 11.6. The predicted molar refractivity (Wildman–Crippen MR) is 114 cm³/mol. The van der Waals surface area contributed by atoms with Crippen LogP contribution in [0.4, 0.5) is 4.39 Å². The van der Waals surface area contributed by atoms with E-state index in [0.717, 1.165) is 50.4 Å². The van der Waals surface area contributed by atoms with Gasteiger partial charge in [0.05, 0.1) is 0 Å². The summed E-state index contributed by atoms with van der Waals surface area (Å²) in [5.74, 6) is 0.701. The summed E-state index contributed by atoms with van der Waals surface area (Å²) in [5, 5.41) is 6.89. The lowest BCUT2D eigenvalue weighted by atomic mass is 10.0. The van der Waals surface area contributed by atoms with Crippen LogP contribution in [0.15, 0.2) is 29.3 Å². The zero-order valence-electron chi connectivity index (χ0n) is 15.6. The van der Waals surface area contributed by atoms with Gasteiger partial charge in [-0.05, 0) is 57.7 Å². The van der Waals surface area contributed by atoms with Crippen LogP contribution in [-0.2, 0) is 6.42 Å². The molecule has 0 aliphatic carbocycles. The van der Waals surface area contributed by atoms with Crippen molar-refractivity contribution in [2.24, 2.45) is 4.99 Å². The summed E-state index contributed by atoms with van der Waals surface area (Å²) < 4.78 is 12.9. The number of hydrogen-bond donors (Lipinski definition) is 2. The van der Waals surface area contributed by atoms with Crippen molar-refractivity contribution in [2.75, 3.05) is 26.2 Å². The molecule has 0 atom stereocenters. The Kier molecular flexibility index (Phi) is 10.3. The van der Waals surface area contributed by atoms with Gasteiger partial charge in [0.25, 0.3) is 0 Å². The molecule has 1 saturated heterocycles. The van der Waals surface area contributed by atoms with Crippen LogP contribution in [-0.4, -0.2) is 49.1 Å². The topological polar surface area (TPSA) is 39.7 Å². The molecule has 1 aromatic rings. The summed E-state index contributed by atoms with van der Waals surface area (Å²) in [4.78, 5) is 7.19. The van der Waals surface area contributed by atoms with Crippen LogP contribution in [0.25, 0.3) is 0 Å². The molecule has 0 saturated carbocycles. The van der Waals surface area contributed by atoms with Gasteiger partial charge in [0, 0.05) is 38.3 Å². The minimum absolute atomic E-state index is 0. The zero-order chi connectivity index (χ0) is 17.4. The highest BCUT2D eigenvalue weighted by atomic mass is 127. The number of piperidine rings is 1. The van der Waals surface area contributed by atoms with E-state index in [4.69, 9.17) is 0 Å². The molecule has 142 valence electrons. The third-order valence-corrected chi connectivity index (χ3v) is 4.53. The second kappa shape index (κ2) is 11.7. The molecule has 6 heteroatoms. The number of likely N-dealkylation sites (tertiary alicyclic amines) is 1. The van der Waals surface area contributed by atoms with E-state index < -0.39 is 0 Å². The summed E-state index contributed by atoms with van der Waals surface area (Å²) >= 11 is 0. The van der Waals surface area contributed by atoms with E-state index in [9.17, 15) is 4.39 Å². The predicted octanol–water partition coefficient (Wildman–Crippen LogP) is 3.41. The molecule has 2 rings (SSSR count). The van der Waals surface area contributed by atoms with Gasteiger partial charge >= 0.3 is 0 Å². The fraction of sp³-hybridized carbons (Fsp3) is 0.632. The summed E-state index contributed by atoms with van der Waals surface area (Å²) in [6, 6.07) is 7.78. The lowest BCUT2D eigenvalue weighted by Crippen LogP contribution is -2.49. The fourth-order valence-electron chi connectivity index (χ4n) is 3.02. The SMILES string of the molecule is CCNC(=NCCc1ccc(F)cc1)NC1CCN(C(C)C)CC1.I. The third kappa shape index (κ3) is 7.90. The van der Waals surface area contributed by atoms with Crippen LogP contribution in [0.3, 0.4) is 0 Å². The standard InChI is InChI=1S/C19H31FN4.HI/c1-4-21-19(22-12-9-16-5-7-17(20)8-6-16)23-18-10-13-24(14-11-18)15(2)3;/h5-8,15,18H,4,9-14H2,1-3H3,(H2,21,22,23);1H. The highest BCUT2D eigenvalue weighted by molar-refractivity contribution is 14.0. The molecule has 2 N–H and O–H groups in total. The normalized spacial score (nSPS) is 16.6. The van der Waals surface area contributed by atoms with Gasteiger partial charge in [-0.1, -0.05) is 12.1 Å². The van der Waals surface area contributed by atoms with Gasteiger partial charge in [0.15, 0.2) is 5.96 Å². The minimum atomic E-state index is -0.190. The minimum Gasteiger partial charge on any atom is -0.357 e. The summed E-state index contributed by atoms with van der Waals surface area (Å²) in [6.45, 7) is 10.4. The van der Waals surface area contributed by atoms with Crippen molar-refractivity contribution in [1.82, 2.24) is 15.5 Å². The first-order valence-corrected chi connectivity index (χ1v) is 9.11. The van der Waals surface area contributed by atoms with Crippen molar-refractivity contribution in [2.45, 2.75) is 52.1 Å². The van der Waals surface area contributed by atoms with Gasteiger partial charge in [-0.15, -0.1) is 24.0 Å². The van der Waals surface area contributed by atoms with Crippen LogP contribution in [0, 0.1) is 5.82 Å². The zero-order valence-corrected chi connectivity index (χ0v) is 17.9. The van der Waals surface area contributed by atoms with E-state index in [1.165, 1.54) is 12.1 Å². The molecule has 0 aromatic heterocycles. The summed E-state index contributed by atoms with van der Waals surface area (Å²) in [7, 11) is 0. The van der Waals surface area contributed by atoms with Gasteiger partial charge in [-0.25, -0.2) is 4.39 Å². The maximum atomic E-state index is 12.9. The van der Waals surface area contributed by atoms with Crippen LogP contribution >= 0.6 is 24.0 Å². The van der Waals surface area contributed by atoms with E-state index in [-0.39, 0.29) is 29.8 Å². The van der Waals surface area contributed by atoms with Gasteiger partial charge < -0.3 is 15.5 Å². The second-order valence-corrected chi connectivity index (χ2v) is 6.69. The molecule has 0 unspecified atom stereocenters. The lowest BCUT2D eigenvalue weighted by molar-refractivity contribution is 0.167. The number of nitrogens with zero attached hydrogens (tertiary/aromatic N) is 2. The number of rotatable bonds is 6. The number of benzene rings is 1. The van der Waals surface area contributed by atoms with Gasteiger partial charge in [0.1, 0.15) is 5.82 Å². The molecular formula is C19H32FIN4. The average molecular weight is 462 g/mol. The van der Waals surface area contributed by atoms with E-state index in [1.807, 2.05) is 12.1 Å². The molecule has 1 aliphatic rings. The maximum absolute atomic E-state index is 12.9. The summed E-state index contributed by atoms with van der Waals surface area (Å²) in [6.07, 6.45) is 3.13.